The first-order chi connectivity index (χ1) is 15.0. The summed E-state index contributed by atoms with van der Waals surface area (Å²) >= 11 is 0. The highest BCUT2D eigenvalue weighted by molar-refractivity contribution is 5.93. The summed E-state index contributed by atoms with van der Waals surface area (Å²) in [7, 11) is 0. The Hall–Kier alpha value is -3.20. The van der Waals surface area contributed by atoms with Gasteiger partial charge in [0.1, 0.15) is 18.5 Å². The predicted octanol–water partition coefficient (Wildman–Crippen LogP) is 4.09. The Bertz CT molecular complexity index is 1070. The van der Waals surface area contributed by atoms with Gasteiger partial charge in [-0.05, 0) is 67.3 Å². The molecular weight excluding hydrogens is 395 g/mol. The number of carbonyl (C=O) groups is 2. The smallest absolute Gasteiger partial charge is 0.338 e. The van der Waals surface area contributed by atoms with Crippen molar-refractivity contribution in [2.24, 2.45) is 5.92 Å². The highest BCUT2D eigenvalue weighted by atomic mass is 19.1. The molecule has 0 unspecified atom stereocenters. The molecule has 2 heterocycles. The quantitative estimate of drug-likeness (QED) is 0.683. The van der Waals surface area contributed by atoms with Crippen molar-refractivity contribution in [1.82, 2.24) is 4.90 Å². The molecule has 2 aromatic rings. The van der Waals surface area contributed by atoms with Gasteiger partial charge in [-0.15, -0.1) is 0 Å². The SMILES string of the molecule is Cc1c(CC(=O)N2CCC(CCc3ccc4c(c3)COC4=O)CC2)ccc(C#N)c1F. The van der Waals surface area contributed by atoms with E-state index in [-0.39, 0.29) is 23.9 Å². The molecule has 0 saturated carbocycles. The van der Waals surface area contributed by atoms with Gasteiger partial charge in [0.05, 0.1) is 17.5 Å². The number of hydrogen-bond acceptors (Lipinski definition) is 4. The number of likely N-dealkylation sites (tertiary alicyclic amines) is 1. The lowest BCUT2D eigenvalue weighted by molar-refractivity contribution is -0.131. The molecule has 1 fully saturated rings. The van der Waals surface area contributed by atoms with Crippen molar-refractivity contribution in [2.75, 3.05) is 13.1 Å². The molecule has 0 aliphatic carbocycles. The molecular formula is C25H25FN2O3. The molecule has 4 rings (SSSR count). The highest BCUT2D eigenvalue weighted by Gasteiger charge is 2.24. The van der Waals surface area contributed by atoms with Gasteiger partial charge in [-0.3, -0.25) is 4.79 Å². The van der Waals surface area contributed by atoms with Crippen LogP contribution in [0.3, 0.4) is 0 Å². The number of aryl methyl sites for hydroxylation is 1. The first kappa shape index (κ1) is 21.0. The molecule has 2 aliphatic rings. The number of fused-ring (bicyclic) bond motifs is 1. The molecule has 31 heavy (non-hydrogen) atoms. The van der Waals surface area contributed by atoms with E-state index in [1.54, 1.807) is 13.0 Å². The molecule has 160 valence electrons. The number of benzene rings is 2. The molecule has 0 aromatic heterocycles. The van der Waals surface area contributed by atoms with E-state index in [0.717, 1.165) is 31.2 Å². The number of esters is 1. The van der Waals surface area contributed by atoms with Gasteiger partial charge in [0, 0.05) is 18.7 Å². The summed E-state index contributed by atoms with van der Waals surface area (Å²) < 4.78 is 19.2. The predicted molar refractivity (Wildman–Crippen MR) is 113 cm³/mol. The number of ether oxygens (including phenoxy) is 1. The molecule has 5 nitrogen and oxygen atoms in total. The van der Waals surface area contributed by atoms with Crippen LogP contribution in [0.5, 0.6) is 0 Å². The topological polar surface area (TPSA) is 70.4 Å². The third-order valence-corrected chi connectivity index (χ3v) is 6.52. The van der Waals surface area contributed by atoms with Crippen LogP contribution in [0.25, 0.3) is 0 Å². The van der Waals surface area contributed by atoms with E-state index in [0.29, 0.717) is 42.3 Å². The van der Waals surface area contributed by atoms with Crippen LogP contribution in [-0.4, -0.2) is 29.9 Å². The molecule has 2 aliphatic heterocycles. The summed E-state index contributed by atoms with van der Waals surface area (Å²) in [4.78, 5) is 26.1. The van der Waals surface area contributed by atoms with E-state index >= 15 is 0 Å². The zero-order valence-corrected chi connectivity index (χ0v) is 17.6. The summed E-state index contributed by atoms with van der Waals surface area (Å²) in [5.74, 6) is -0.204. The van der Waals surface area contributed by atoms with Crippen molar-refractivity contribution >= 4 is 11.9 Å². The Morgan fingerprint density at radius 3 is 2.77 bits per heavy atom. The van der Waals surface area contributed by atoms with Gasteiger partial charge in [0.25, 0.3) is 0 Å². The number of amides is 1. The Labute approximate surface area is 181 Å². The lowest BCUT2D eigenvalue weighted by atomic mass is 9.89. The number of halogens is 1. The maximum atomic E-state index is 14.2. The van der Waals surface area contributed by atoms with Gasteiger partial charge in [0.15, 0.2) is 0 Å². The molecule has 1 saturated heterocycles. The number of piperidine rings is 1. The first-order valence-electron chi connectivity index (χ1n) is 10.7. The van der Waals surface area contributed by atoms with Gasteiger partial charge < -0.3 is 9.64 Å². The largest absolute Gasteiger partial charge is 0.457 e. The van der Waals surface area contributed by atoms with Crippen LogP contribution in [-0.2, 0) is 29.0 Å². The van der Waals surface area contributed by atoms with E-state index < -0.39 is 5.82 Å². The van der Waals surface area contributed by atoms with Crippen LogP contribution < -0.4 is 0 Å². The second kappa shape index (κ2) is 8.89. The summed E-state index contributed by atoms with van der Waals surface area (Å²) in [6, 6.07) is 10.9. The van der Waals surface area contributed by atoms with Crippen molar-refractivity contribution in [3.63, 3.8) is 0 Å². The van der Waals surface area contributed by atoms with E-state index in [1.165, 1.54) is 11.6 Å². The fraction of sp³-hybridized carbons (Fsp3) is 0.400. The van der Waals surface area contributed by atoms with Crippen LogP contribution >= 0.6 is 0 Å². The van der Waals surface area contributed by atoms with E-state index in [4.69, 9.17) is 10.00 Å². The minimum atomic E-state index is -0.533. The average molecular weight is 420 g/mol. The normalized spacial score (nSPS) is 16.0. The fourth-order valence-corrected chi connectivity index (χ4v) is 4.46. The van der Waals surface area contributed by atoms with Crippen LogP contribution in [0.4, 0.5) is 4.39 Å². The fourth-order valence-electron chi connectivity index (χ4n) is 4.46. The second-order valence-electron chi connectivity index (χ2n) is 8.43. The van der Waals surface area contributed by atoms with Crippen molar-refractivity contribution in [2.45, 2.75) is 45.6 Å². The van der Waals surface area contributed by atoms with Crippen LogP contribution in [0.1, 0.15) is 57.4 Å². The minimum absolute atomic E-state index is 0.00828. The standard InChI is InChI=1S/C25H25FN2O3/c1-16-19(5-6-20(14-27)24(16)26)13-23(29)28-10-8-17(9-11-28)2-3-18-4-7-22-21(12-18)15-31-25(22)30/h4-7,12,17H,2-3,8-11,13,15H2,1H3. The number of carbonyl (C=O) groups excluding carboxylic acids is 2. The monoisotopic (exact) mass is 420 g/mol. The molecule has 0 bridgehead atoms. The highest BCUT2D eigenvalue weighted by Crippen LogP contribution is 2.26. The van der Waals surface area contributed by atoms with E-state index in [2.05, 4.69) is 6.07 Å². The van der Waals surface area contributed by atoms with Crippen LogP contribution in [0.2, 0.25) is 0 Å². The molecule has 0 atom stereocenters. The summed E-state index contributed by atoms with van der Waals surface area (Å²) in [5, 5.41) is 8.93. The van der Waals surface area contributed by atoms with Crippen molar-refractivity contribution < 1.29 is 18.7 Å². The summed E-state index contributed by atoms with van der Waals surface area (Å²) in [6.07, 6.45) is 4.08. The molecule has 0 radical (unpaired) electrons. The zero-order valence-electron chi connectivity index (χ0n) is 17.6. The third kappa shape index (κ3) is 4.46. The number of nitrogens with zero attached hydrogens (tertiary/aromatic N) is 2. The Kier molecular flexibility index (Phi) is 6.03. The average Bonchev–Trinajstić information content (AvgIpc) is 3.16. The van der Waals surface area contributed by atoms with Crippen molar-refractivity contribution in [3.05, 3.63) is 69.5 Å². The number of rotatable bonds is 5. The number of cyclic esters (lactones) is 1. The summed E-state index contributed by atoms with van der Waals surface area (Å²) in [6.45, 7) is 3.42. The Morgan fingerprint density at radius 1 is 1.26 bits per heavy atom. The van der Waals surface area contributed by atoms with Crippen molar-refractivity contribution in [1.29, 1.82) is 5.26 Å². The van der Waals surface area contributed by atoms with Gasteiger partial charge in [-0.1, -0.05) is 18.2 Å². The van der Waals surface area contributed by atoms with Crippen LogP contribution in [0, 0.1) is 30.0 Å². The Morgan fingerprint density at radius 2 is 2.03 bits per heavy atom. The first-order valence-corrected chi connectivity index (χ1v) is 10.7. The maximum absolute atomic E-state index is 14.2. The molecule has 0 N–H and O–H groups in total. The van der Waals surface area contributed by atoms with Gasteiger partial charge in [-0.2, -0.15) is 5.26 Å². The van der Waals surface area contributed by atoms with Gasteiger partial charge in [0.2, 0.25) is 5.91 Å². The molecule has 2 aromatic carbocycles. The van der Waals surface area contributed by atoms with Gasteiger partial charge in [-0.25, -0.2) is 9.18 Å². The molecule has 6 heteroatoms. The zero-order chi connectivity index (χ0) is 22.0. The van der Waals surface area contributed by atoms with Crippen LogP contribution in [0.15, 0.2) is 30.3 Å². The lowest BCUT2D eigenvalue weighted by Crippen LogP contribution is -2.39. The van der Waals surface area contributed by atoms with E-state index in [9.17, 15) is 14.0 Å². The maximum Gasteiger partial charge on any atom is 0.338 e. The number of hydrogen-bond donors (Lipinski definition) is 0. The number of nitriles is 1. The minimum Gasteiger partial charge on any atom is -0.457 e. The van der Waals surface area contributed by atoms with Crippen molar-refractivity contribution in [3.8, 4) is 6.07 Å². The lowest BCUT2D eigenvalue weighted by Gasteiger charge is -2.32. The molecule has 0 spiro atoms. The summed E-state index contributed by atoms with van der Waals surface area (Å²) in [5.41, 5.74) is 3.89. The second-order valence-corrected chi connectivity index (χ2v) is 8.43. The van der Waals surface area contributed by atoms with E-state index in [1.807, 2.05) is 23.1 Å². The molecule has 1 amide bonds. The third-order valence-electron chi connectivity index (χ3n) is 6.52. The Balaban J connectivity index is 1.27. The van der Waals surface area contributed by atoms with Gasteiger partial charge >= 0.3 is 5.97 Å².